The van der Waals surface area contributed by atoms with Gasteiger partial charge < -0.3 is 5.73 Å². The smallest absolute Gasteiger partial charge is 0.389 e. The number of sulfonamides is 1. The fourth-order valence-electron chi connectivity index (χ4n) is 1.88. The first-order valence-corrected chi connectivity index (χ1v) is 7.94. The largest absolute Gasteiger partial charge is 0.402 e. The van der Waals surface area contributed by atoms with E-state index in [-0.39, 0.29) is 9.88 Å². The minimum Gasteiger partial charge on any atom is -0.389 e. The quantitative estimate of drug-likeness (QED) is 0.835. The zero-order chi connectivity index (χ0) is 15.8. The lowest BCUT2D eigenvalue weighted by molar-refractivity contribution is -0.137. The van der Waals surface area contributed by atoms with E-state index in [1.165, 1.54) is 24.3 Å². The Labute approximate surface area is 125 Å². The van der Waals surface area contributed by atoms with Crippen molar-refractivity contribution in [1.29, 1.82) is 0 Å². The maximum absolute atomic E-state index is 12.6. The Bertz CT molecular complexity index is 637. The van der Waals surface area contributed by atoms with Gasteiger partial charge >= 0.3 is 6.18 Å². The van der Waals surface area contributed by atoms with Gasteiger partial charge in [0.05, 0.1) is 4.90 Å². The molecule has 1 aromatic carbocycles. The summed E-state index contributed by atoms with van der Waals surface area (Å²) in [6.07, 6.45) is -3.69. The Kier molecular flexibility index (Phi) is 4.27. The second-order valence-corrected chi connectivity index (χ2v) is 7.12. The van der Waals surface area contributed by atoms with E-state index in [4.69, 9.17) is 18.0 Å². The van der Waals surface area contributed by atoms with Crippen molar-refractivity contribution < 1.29 is 21.6 Å². The van der Waals surface area contributed by atoms with E-state index in [0.717, 1.165) is 0 Å². The average Bonchev–Trinajstić information content (AvgIpc) is 3.19. The van der Waals surface area contributed by atoms with E-state index >= 15 is 0 Å². The maximum Gasteiger partial charge on any atom is 0.402 e. The minimum absolute atomic E-state index is 0.0910. The van der Waals surface area contributed by atoms with Gasteiger partial charge in [-0.1, -0.05) is 24.4 Å². The molecule has 0 amide bonds. The first-order valence-electron chi connectivity index (χ1n) is 6.10. The molecule has 116 valence electrons. The van der Waals surface area contributed by atoms with Crippen molar-refractivity contribution in [2.24, 2.45) is 5.73 Å². The second kappa shape index (κ2) is 5.54. The third-order valence-corrected chi connectivity index (χ3v) is 5.18. The van der Waals surface area contributed by atoms with Gasteiger partial charge in [0.25, 0.3) is 0 Å². The Balaban J connectivity index is 2.32. The zero-order valence-corrected chi connectivity index (χ0v) is 12.4. The van der Waals surface area contributed by atoms with Crippen LogP contribution in [-0.4, -0.2) is 36.5 Å². The lowest BCUT2D eigenvalue weighted by Gasteiger charge is -2.23. The molecule has 0 saturated heterocycles. The second-order valence-electron chi connectivity index (χ2n) is 4.79. The number of benzene rings is 1. The molecule has 1 fully saturated rings. The van der Waals surface area contributed by atoms with Gasteiger partial charge in [0.2, 0.25) is 10.0 Å². The summed E-state index contributed by atoms with van der Waals surface area (Å²) in [7, 11) is -4.18. The van der Waals surface area contributed by atoms with Crippen LogP contribution in [0, 0.1) is 0 Å². The van der Waals surface area contributed by atoms with Gasteiger partial charge in [-0.25, -0.2) is 8.42 Å². The molecule has 1 aliphatic rings. The maximum atomic E-state index is 12.6. The molecule has 0 bridgehead atoms. The summed E-state index contributed by atoms with van der Waals surface area (Å²) in [5.74, 6) is 0. The van der Waals surface area contributed by atoms with E-state index in [1.54, 1.807) is 0 Å². The zero-order valence-electron chi connectivity index (χ0n) is 10.8. The van der Waals surface area contributed by atoms with Crippen molar-refractivity contribution in [3.63, 3.8) is 0 Å². The Morgan fingerprint density at radius 1 is 1.29 bits per heavy atom. The number of rotatable bonds is 5. The van der Waals surface area contributed by atoms with Crippen LogP contribution < -0.4 is 5.73 Å². The molecule has 2 rings (SSSR count). The molecule has 0 unspecified atom stereocenters. The van der Waals surface area contributed by atoms with E-state index < -0.39 is 28.8 Å². The Morgan fingerprint density at radius 3 is 2.19 bits per heavy atom. The van der Waals surface area contributed by atoms with Gasteiger partial charge in [-0.3, -0.25) is 0 Å². The van der Waals surface area contributed by atoms with Crippen LogP contribution in [0.25, 0.3) is 0 Å². The molecule has 0 aromatic heterocycles. The number of nitrogens with zero attached hydrogens (tertiary/aromatic N) is 1. The molecule has 0 aliphatic heterocycles. The predicted molar refractivity (Wildman–Crippen MR) is 75.3 cm³/mol. The highest BCUT2D eigenvalue weighted by atomic mass is 32.2. The van der Waals surface area contributed by atoms with Gasteiger partial charge in [-0.05, 0) is 25.0 Å². The summed E-state index contributed by atoms with van der Waals surface area (Å²) in [5.41, 5.74) is 5.85. The molecular formula is C12H13F3N2O2S2. The molecule has 21 heavy (non-hydrogen) atoms. The van der Waals surface area contributed by atoms with Crippen LogP contribution in [0.5, 0.6) is 0 Å². The number of hydrogen-bond donors (Lipinski definition) is 1. The van der Waals surface area contributed by atoms with Crippen molar-refractivity contribution >= 4 is 27.2 Å². The number of hydrogen-bond acceptors (Lipinski definition) is 3. The van der Waals surface area contributed by atoms with E-state index in [1.807, 2.05) is 0 Å². The first kappa shape index (κ1) is 16.2. The number of thiocarbonyl (C=S) groups is 1. The van der Waals surface area contributed by atoms with E-state index in [2.05, 4.69) is 0 Å². The lowest BCUT2D eigenvalue weighted by atomic mass is 10.2. The van der Waals surface area contributed by atoms with Crippen LogP contribution in [-0.2, 0) is 10.0 Å². The molecule has 1 saturated carbocycles. The first-order chi connectivity index (χ1) is 9.61. The van der Waals surface area contributed by atoms with Gasteiger partial charge in [0, 0.05) is 11.6 Å². The van der Waals surface area contributed by atoms with Crippen LogP contribution >= 0.6 is 12.2 Å². The summed E-state index contributed by atoms with van der Waals surface area (Å²) in [6, 6.07) is 4.62. The number of alkyl halides is 3. The van der Waals surface area contributed by atoms with E-state index in [0.29, 0.717) is 22.7 Å². The Hall–Kier alpha value is -1.19. The molecule has 4 nitrogen and oxygen atoms in total. The van der Waals surface area contributed by atoms with E-state index in [9.17, 15) is 21.6 Å². The highest BCUT2D eigenvalue weighted by molar-refractivity contribution is 7.89. The number of halogens is 3. The lowest BCUT2D eigenvalue weighted by Crippen LogP contribution is -2.40. The molecule has 1 aromatic rings. The van der Waals surface area contributed by atoms with Crippen molar-refractivity contribution in [1.82, 2.24) is 4.31 Å². The SMILES string of the molecule is NC(=S)c1ccc(S(=O)(=O)N(CC(F)(F)F)C2CC2)cc1. The summed E-state index contributed by atoms with van der Waals surface area (Å²) < 4.78 is 62.9. The monoisotopic (exact) mass is 338 g/mol. The van der Waals surface area contributed by atoms with Gasteiger partial charge in [-0.15, -0.1) is 0 Å². The molecule has 1 aliphatic carbocycles. The molecule has 0 atom stereocenters. The molecule has 2 N–H and O–H groups in total. The molecule has 0 radical (unpaired) electrons. The van der Waals surface area contributed by atoms with Gasteiger partial charge in [0.15, 0.2) is 0 Å². The predicted octanol–water partition coefficient (Wildman–Crippen LogP) is 2.04. The summed E-state index contributed by atoms with van der Waals surface area (Å²) in [6.45, 7) is -1.48. The topological polar surface area (TPSA) is 63.4 Å². The third kappa shape index (κ3) is 3.92. The highest BCUT2D eigenvalue weighted by Gasteiger charge is 2.44. The molecule has 0 heterocycles. The fraction of sp³-hybridized carbons (Fsp3) is 0.417. The molecule has 9 heteroatoms. The van der Waals surface area contributed by atoms with Crippen LogP contribution in [0.3, 0.4) is 0 Å². The minimum atomic E-state index is -4.57. The summed E-state index contributed by atoms with van der Waals surface area (Å²) in [5, 5.41) is 0. The van der Waals surface area contributed by atoms with Crippen molar-refractivity contribution in [3.8, 4) is 0 Å². The third-order valence-electron chi connectivity index (χ3n) is 3.03. The number of nitrogens with two attached hydrogens (primary N) is 1. The fourth-order valence-corrected chi connectivity index (χ4v) is 3.68. The van der Waals surface area contributed by atoms with Crippen molar-refractivity contribution in [3.05, 3.63) is 29.8 Å². The van der Waals surface area contributed by atoms with Gasteiger partial charge in [-0.2, -0.15) is 17.5 Å². The average molecular weight is 338 g/mol. The van der Waals surface area contributed by atoms with Crippen LogP contribution in [0.4, 0.5) is 13.2 Å². The van der Waals surface area contributed by atoms with Gasteiger partial charge in [0.1, 0.15) is 11.5 Å². The van der Waals surface area contributed by atoms with Crippen molar-refractivity contribution in [2.75, 3.05) is 6.54 Å². The Morgan fingerprint density at radius 2 is 1.81 bits per heavy atom. The van der Waals surface area contributed by atoms with Crippen LogP contribution in [0.2, 0.25) is 0 Å². The van der Waals surface area contributed by atoms with Crippen LogP contribution in [0.15, 0.2) is 29.2 Å². The molecular weight excluding hydrogens is 325 g/mol. The summed E-state index contributed by atoms with van der Waals surface area (Å²) >= 11 is 4.74. The summed E-state index contributed by atoms with van der Waals surface area (Å²) in [4.78, 5) is -0.105. The van der Waals surface area contributed by atoms with Crippen LogP contribution in [0.1, 0.15) is 18.4 Å². The van der Waals surface area contributed by atoms with Crippen molar-refractivity contribution in [2.45, 2.75) is 30.0 Å². The normalized spacial score (nSPS) is 16.2. The molecule has 0 spiro atoms. The standard InChI is InChI=1S/C12H13F3N2O2S2/c13-12(14,15)7-17(9-3-4-9)21(18,19)10-5-1-8(2-6-10)11(16)20/h1-2,5-6,9H,3-4,7H2,(H2,16,20). The highest BCUT2D eigenvalue weighted by Crippen LogP contribution is 2.34.